The van der Waals surface area contributed by atoms with Gasteiger partial charge in [0, 0.05) is 29.4 Å². The van der Waals surface area contributed by atoms with Crippen molar-refractivity contribution in [2.75, 3.05) is 0 Å². The predicted octanol–water partition coefficient (Wildman–Crippen LogP) is 2.60. The van der Waals surface area contributed by atoms with Gasteiger partial charge in [0.05, 0.1) is 0 Å². The summed E-state index contributed by atoms with van der Waals surface area (Å²) < 4.78 is 0. The number of H-pyrrole nitrogens is 1. The highest BCUT2D eigenvalue weighted by molar-refractivity contribution is 5.08. The van der Waals surface area contributed by atoms with Gasteiger partial charge in [-0.25, -0.2) is 4.98 Å². The maximum Gasteiger partial charge on any atom is 0.111 e. The zero-order valence-corrected chi connectivity index (χ0v) is 10.7. The van der Waals surface area contributed by atoms with E-state index in [9.17, 15) is 0 Å². The highest BCUT2D eigenvalue weighted by Gasteiger charge is 2.17. The lowest BCUT2D eigenvalue weighted by atomic mass is 9.96. The van der Waals surface area contributed by atoms with Crippen molar-refractivity contribution in [1.82, 2.24) is 15.3 Å². The summed E-state index contributed by atoms with van der Waals surface area (Å²) in [6.45, 7) is 13.8. The summed E-state index contributed by atoms with van der Waals surface area (Å²) in [6.07, 6.45) is 1.92. The van der Waals surface area contributed by atoms with Crippen LogP contribution in [-0.2, 0) is 12.0 Å². The maximum absolute atomic E-state index is 4.39. The van der Waals surface area contributed by atoms with Crippen molar-refractivity contribution in [3.63, 3.8) is 0 Å². The molecule has 1 aromatic rings. The fourth-order valence-corrected chi connectivity index (χ4v) is 1.19. The molecule has 3 nitrogen and oxygen atoms in total. The summed E-state index contributed by atoms with van der Waals surface area (Å²) in [5.74, 6) is 1.05. The average Bonchev–Trinajstić information content (AvgIpc) is 2.45. The molecule has 86 valence electrons. The number of nitrogens with zero attached hydrogens (tertiary/aromatic N) is 1. The van der Waals surface area contributed by atoms with Crippen molar-refractivity contribution >= 4 is 0 Å². The van der Waals surface area contributed by atoms with E-state index in [1.165, 1.54) is 0 Å². The van der Waals surface area contributed by atoms with E-state index < -0.39 is 0 Å². The third kappa shape index (κ3) is 4.04. The number of nitrogens with one attached hydrogen (secondary N) is 2. The summed E-state index contributed by atoms with van der Waals surface area (Å²) in [6, 6.07) is 0. The molecule has 0 saturated heterocycles. The Labute approximate surface area is 92.7 Å². The smallest absolute Gasteiger partial charge is 0.111 e. The second kappa shape index (κ2) is 3.97. The van der Waals surface area contributed by atoms with Crippen LogP contribution in [0.3, 0.4) is 0 Å². The molecule has 0 aliphatic rings. The van der Waals surface area contributed by atoms with Crippen molar-refractivity contribution in [2.45, 2.75) is 59.0 Å². The highest BCUT2D eigenvalue weighted by atomic mass is 15.0. The molecule has 0 bridgehead atoms. The fraction of sp³-hybridized carbons (Fsp3) is 0.750. The van der Waals surface area contributed by atoms with Crippen molar-refractivity contribution in [3.05, 3.63) is 17.7 Å². The minimum atomic E-state index is 0.0972. The fourth-order valence-electron chi connectivity index (χ4n) is 1.19. The zero-order chi connectivity index (χ0) is 11.7. The van der Waals surface area contributed by atoms with Crippen LogP contribution in [0.15, 0.2) is 6.20 Å². The molecular formula is C12H23N3. The molecule has 1 aromatic heterocycles. The Morgan fingerprint density at radius 3 is 2.20 bits per heavy atom. The Hall–Kier alpha value is -0.830. The van der Waals surface area contributed by atoms with Gasteiger partial charge in [-0.1, -0.05) is 20.8 Å². The van der Waals surface area contributed by atoms with E-state index >= 15 is 0 Å². The first-order chi connectivity index (χ1) is 6.68. The largest absolute Gasteiger partial charge is 0.344 e. The van der Waals surface area contributed by atoms with Crippen LogP contribution >= 0.6 is 0 Å². The van der Waals surface area contributed by atoms with E-state index in [1.54, 1.807) is 0 Å². The molecule has 2 N–H and O–H groups in total. The number of rotatable bonds is 2. The molecule has 0 radical (unpaired) electrons. The number of hydrogen-bond acceptors (Lipinski definition) is 2. The molecular weight excluding hydrogens is 186 g/mol. The van der Waals surface area contributed by atoms with E-state index in [4.69, 9.17) is 0 Å². The van der Waals surface area contributed by atoms with Gasteiger partial charge in [-0.3, -0.25) is 0 Å². The Balaban J connectivity index is 2.62. The molecule has 1 rings (SSSR count). The summed E-state index contributed by atoms with van der Waals surface area (Å²) in [5.41, 5.74) is 1.39. The Morgan fingerprint density at radius 1 is 1.20 bits per heavy atom. The van der Waals surface area contributed by atoms with Crippen LogP contribution in [-0.4, -0.2) is 15.5 Å². The first-order valence-electron chi connectivity index (χ1n) is 5.48. The third-order valence-electron chi connectivity index (χ3n) is 2.15. The molecule has 0 spiro atoms. The van der Waals surface area contributed by atoms with Gasteiger partial charge >= 0.3 is 0 Å². The minimum absolute atomic E-state index is 0.0972. The van der Waals surface area contributed by atoms with Gasteiger partial charge in [0.1, 0.15) is 5.82 Å². The van der Waals surface area contributed by atoms with Gasteiger partial charge < -0.3 is 10.3 Å². The molecule has 0 unspecified atom stereocenters. The molecule has 15 heavy (non-hydrogen) atoms. The van der Waals surface area contributed by atoms with E-state index in [0.29, 0.717) is 0 Å². The van der Waals surface area contributed by atoms with E-state index in [2.05, 4.69) is 56.8 Å². The number of hydrogen-bond donors (Lipinski definition) is 2. The van der Waals surface area contributed by atoms with Gasteiger partial charge in [0.25, 0.3) is 0 Å². The van der Waals surface area contributed by atoms with Crippen molar-refractivity contribution in [1.29, 1.82) is 0 Å². The molecule has 0 aliphatic carbocycles. The summed E-state index contributed by atoms with van der Waals surface area (Å²) in [4.78, 5) is 7.74. The van der Waals surface area contributed by atoms with Gasteiger partial charge in [0.2, 0.25) is 0 Å². The first-order valence-corrected chi connectivity index (χ1v) is 5.48. The van der Waals surface area contributed by atoms with E-state index in [-0.39, 0.29) is 11.0 Å². The van der Waals surface area contributed by atoms with Gasteiger partial charge in [-0.15, -0.1) is 0 Å². The molecule has 1 heterocycles. The molecule has 0 amide bonds. The van der Waals surface area contributed by atoms with Gasteiger partial charge in [-0.2, -0.15) is 0 Å². The van der Waals surface area contributed by atoms with Gasteiger partial charge in [0.15, 0.2) is 0 Å². The van der Waals surface area contributed by atoms with E-state index in [1.807, 2.05) is 6.20 Å². The maximum atomic E-state index is 4.39. The van der Waals surface area contributed by atoms with Crippen LogP contribution in [0.25, 0.3) is 0 Å². The quantitative estimate of drug-likeness (QED) is 0.786. The van der Waals surface area contributed by atoms with Crippen molar-refractivity contribution in [2.24, 2.45) is 0 Å². The monoisotopic (exact) mass is 209 g/mol. The van der Waals surface area contributed by atoms with Crippen LogP contribution < -0.4 is 5.32 Å². The Kier molecular flexibility index (Phi) is 3.24. The highest BCUT2D eigenvalue weighted by Crippen LogP contribution is 2.18. The van der Waals surface area contributed by atoms with Crippen LogP contribution in [0.4, 0.5) is 0 Å². The topological polar surface area (TPSA) is 40.7 Å². The second-order valence-electron chi connectivity index (χ2n) is 6.11. The number of imidazole rings is 1. The number of aromatic amines is 1. The molecule has 0 fully saturated rings. The summed E-state index contributed by atoms with van der Waals surface area (Å²) in [7, 11) is 0. The van der Waals surface area contributed by atoms with Crippen LogP contribution in [0, 0.1) is 0 Å². The van der Waals surface area contributed by atoms with Crippen molar-refractivity contribution < 1.29 is 0 Å². The summed E-state index contributed by atoms with van der Waals surface area (Å²) in [5, 5.41) is 3.43. The summed E-state index contributed by atoms with van der Waals surface area (Å²) >= 11 is 0. The Morgan fingerprint density at radius 2 is 1.80 bits per heavy atom. The molecule has 0 atom stereocenters. The molecule has 3 heteroatoms. The predicted molar refractivity (Wildman–Crippen MR) is 63.9 cm³/mol. The first kappa shape index (κ1) is 12.2. The normalized spacial score (nSPS) is 13.2. The molecule has 0 aliphatic heterocycles. The zero-order valence-electron chi connectivity index (χ0n) is 10.7. The van der Waals surface area contributed by atoms with Gasteiger partial charge in [-0.05, 0) is 20.8 Å². The van der Waals surface area contributed by atoms with Crippen molar-refractivity contribution in [3.8, 4) is 0 Å². The van der Waals surface area contributed by atoms with E-state index in [0.717, 1.165) is 18.1 Å². The standard InChI is InChI=1S/C12H23N3/c1-11(2,3)10-13-7-9(15-10)8-14-12(4,5)6/h7,14H,8H2,1-6H3,(H,13,15). The Bertz CT molecular complexity index is 312. The molecule has 0 saturated carbocycles. The van der Waals surface area contributed by atoms with Crippen LogP contribution in [0.1, 0.15) is 53.1 Å². The lowest BCUT2D eigenvalue weighted by molar-refractivity contribution is 0.421. The SMILES string of the molecule is CC(C)(C)NCc1cnc(C(C)(C)C)[nH]1. The number of aromatic nitrogens is 2. The lowest BCUT2D eigenvalue weighted by Crippen LogP contribution is -2.35. The van der Waals surface area contributed by atoms with Crippen LogP contribution in [0.2, 0.25) is 0 Å². The third-order valence-corrected chi connectivity index (χ3v) is 2.15. The average molecular weight is 209 g/mol. The second-order valence-corrected chi connectivity index (χ2v) is 6.11. The minimum Gasteiger partial charge on any atom is -0.344 e. The lowest BCUT2D eigenvalue weighted by Gasteiger charge is -2.20. The van der Waals surface area contributed by atoms with Crippen LogP contribution in [0.5, 0.6) is 0 Å². The molecule has 0 aromatic carbocycles.